The van der Waals surface area contributed by atoms with Crippen LogP contribution in [0.5, 0.6) is 5.75 Å². The minimum Gasteiger partial charge on any atom is -0.508 e. The lowest BCUT2D eigenvalue weighted by Crippen LogP contribution is -2.32. The fourth-order valence-corrected chi connectivity index (χ4v) is 4.96. The van der Waals surface area contributed by atoms with Crippen LogP contribution in [0.3, 0.4) is 0 Å². The monoisotopic (exact) mass is 281 g/mol. The van der Waals surface area contributed by atoms with Crippen molar-refractivity contribution < 1.29 is 13.5 Å². The maximum atomic E-state index is 11.8. The summed E-state index contributed by atoms with van der Waals surface area (Å²) in [5, 5.41) is 12.6. The summed E-state index contributed by atoms with van der Waals surface area (Å²) < 4.78 is 23.6. The molecule has 0 bridgehead atoms. The van der Waals surface area contributed by atoms with Gasteiger partial charge in [0.25, 0.3) is 0 Å². The maximum absolute atomic E-state index is 11.8. The second-order valence-electron chi connectivity index (χ2n) is 5.51. The number of aryl methyl sites for hydroxylation is 1. The summed E-state index contributed by atoms with van der Waals surface area (Å²) in [4.78, 5) is 0. The minimum atomic E-state index is -2.87. The number of phenols is 1. The number of rotatable bonds is 3. The fraction of sp³-hybridized carbons (Fsp3) is 0.571. The van der Waals surface area contributed by atoms with Gasteiger partial charge in [0.2, 0.25) is 0 Å². The molecule has 0 spiro atoms. The van der Waals surface area contributed by atoms with Crippen molar-refractivity contribution in [3.63, 3.8) is 0 Å². The maximum Gasteiger partial charge on any atom is 0.154 e. The van der Waals surface area contributed by atoms with E-state index >= 15 is 0 Å². The highest BCUT2D eigenvalue weighted by Crippen LogP contribution is 2.33. The van der Waals surface area contributed by atoms with Crippen molar-refractivity contribution >= 4 is 9.84 Å². The summed E-state index contributed by atoms with van der Waals surface area (Å²) in [6, 6.07) is 5.68. The first kappa shape index (κ1) is 12.9. The Morgan fingerprint density at radius 3 is 2.89 bits per heavy atom. The van der Waals surface area contributed by atoms with E-state index in [9.17, 15) is 13.5 Å². The highest BCUT2D eigenvalue weighted by molar-refractivity contribution is 7.92. The predicted molar refractivity (Wildman–Crippen MR) is 74.0 cm³/mol. The zero-order valence-electron chi connectivity index (χ0n) is 10.8. The molecule has 2 N–H and O–H groups in total. The second kappa shape index (κ2) is 4.80. The predicted octanol–water partition coefficient (Wildman–Crippen LogP) is 1.55. The molecule has 1 aliphatic carbocycles. The molecule has 1 aliphatic heterocycles. The van der Waals surface area contributed by atoms with E-state index in [1.54, 1.807) is 6.07 Å². The third-order valence-corrected chi connectivity index (χ3v) is 6.53. The van der Waals surface area contributed by atoms with E-state index < -0.39 is 9.84 Å². The molecule has 1 aromatic rings. The van der Waals surface area contributed by atoms with Crippen molar-refractivity contribution in [1.82, 2.24) is 5.32 Å². The van der Waals surface area contributed by atoms with Crippen LogP contribution in [0.2, 0.25) is 0 Å². The van der Waals surface area contributed by atoms with E-state index in [1.165, 1.54) is 11.1 Å². The van der Waals surface area contributed by atoms with Crippen molar-refractivity contribution in [2.75, 3.05) is 12.3 Å². The molecule has 5 heteroatoms. The van der Waals surface area contributed by atoms with Crippen LogP contribution in [0.15, 0.2) is 18.2 Å². The Kier molecular flexibility index (Phi) is 3.27. The molecule has 4 nitrogen and oxygen atoms in total. The molecular formula is C14H19NO3S. The first-order valence-electron chi connectivity index (χ1n) is 6.83. The molecule has 2 atom stereocenters. The Hall–Kier alpha value is -1.07. The van der Waals surface area contributed by atoms with Gasteiger partial charge in [-0.15, -0.1) is 0 Å². The van der Waals surface area contributed by atoms with Gasteiger partial charge in [0, 0.05) is 12.6 Å². The van der Waals surface area contributed by atoms with Gasteiger partial charge in [0.15, 0.2) is 9.84 Å². The summed E-state index contributed by atoms with van der Waals surface area (Å²) in [6.07, 6.45) is 3.50. The summed E-state index contributed by atoms with van der Waals surface area (Å²) in [7, 11) is -2.87. The van der Waals surface area contributed by atoms with Gasteiger partial charge in [-0.05, 0) is 48.9 Å². The number of benzene rings is 1. The van der Waals surface area contributed by atoms with Crippen LogP contribution in [0.4, 0.5) is 0 Å². The molecule has 19 heavy (non-hydrogen) atoms. The van der Waals surface area contributed by atoms with Crippen LogP contribution in [0.1, 0.15) is 36.4 Å². The molecule has 0 saturated carbocycles. The third kappa shape index (κ3) is 2.49. The summed E-state index contributed by atoms with van der Waals surface area (Å²) in [5.41, 5.74) is 2.37. The van der Waals surface area contributed by atoms with E-state index in [-0.39, 0.29) is 11.3 Å². The van der Waals surface area contributed by atoms with E-state index in [4.69, 9.17) is 0 Å². The number of hydrogen-bond acceptors (Lipinski definition) is 4. The summed E-state index contributed by atoms with van der Waals surface area (Å²) in [6.45, 7) is 0.549. The molecule has 1 heterocycles. The van der Waals surface area contributed by atoms with Crippen LogP contribution >= 0.6 is 0 Å². The average molecular weight is 281 g/mol. The Balaban J connectivity index is 1.67. The van der Waals surface area contributed by atoms with Gasteiger partial charge in [-0.25, -0.2) is 8.42 Å². The Morgan fingerprint density at radius 2 is 2.16 bits per heavy atom. The first-order chi connectivity index (χ1) is 9.06. The normalized spacial score (nSPS) is 28.4. The van der Waals surface area contributed by atoms with E-state index in [0.717, 1.165) is 25.7 Å². The second-order valence-corrected chi connectivity index (χ2v) is 7.91. The molecule has 0 amide bonds. The fourth-order valence-electron chi connectivity index (χ4n) is 3.18. The lowest BCUT2D eigenvalue weighted by Gasteiger charge is -2.17. The highest BCUT2D eigenvalue weighted by Gasteiger charge is 2.32. The van der Waals surface area contributed by atoms with Crippen molar-refractivity contribution in [2.24, 2.45) is 0 Å². The largest absolute Gasteiger partial charge is 0.508 e. The van der Waals surface area contributed by atoms with Crippen molar-refractivity contribution in [3.05, 3.63) is 29.3 Å². The van der Waals surface area contributed by atoms with Crippen molar-refractivity contribution in [3.8, 4) is 5.75 Å². The summed E-state index contributed by atoms with van der Waals surface area (Å²) >= 11 is 0. The quantitative estimate of drug-likeness (QED) is 0.882. The SMILES string of the molecule is O=S1(=O)CCCC1CNC1CCc2cc(O)ccc21. The summed E-state index contributed by atoms with van der Waals surface area (Å²) in [5.74, 6) is 0.645. The van der Waals surface area contributed by atoms with Gasteiger partial charge in [-0.2, -0.15) is 0 Å². The van der Waals surface area contributed by atoms with Crippen molar-refractivity contribution in [2.45, 2.75) is 37.0 Å². The molecule has 0 aromatic heterocycles. The van der Waals surface area contributed by atoms with Gasteiger partial charge in [0.05, 0.1) is 11.0 Å². The van der Waals surface area contributed by atoms with E-state index in [0.29, 0.717) is 18.0 Å². The highest BCUT2D eigenvalue weighted by atomic mass is 32.2. The number of aromatic hydroxyl groups is 1. The standard InChI is InChI=1S/C14H19NO3S/c16-11-4-5-13-10(8-11)3-6-14(13)15-9-12-2-1-7-19(12,17)18/h4-5,8,12,14-16H,1-3,6-7,9H2. The van der Waals surface area contributed by atoms with Gasteiger partial charge in [-0.3, -0.25) is 0 Å². The molecule has 1 saturated heterocycles. The number of phenolic OH excluding ortho intramolecular Hbond substituents is 1. The number of nitrogens with one attached hydrogen (secondary N) is 1. The molecule has 3 rings (SSSR count). The van der Waals surface area contributed by atoms with E-state index in [1.807, 2.05) is 12.1 Å². The molecule has 104 valence electrons. The number of hydrogen-bond donors (Lipinski definition) is 2. The lowest BCUT2D eigenvalue weighted by molar-refractivity contribution is 0.474. The van der Waals surface area contributed by atoms with Crippen LogP contribution in [-0.4, -0.2) is 31.1 Å². The molecule has 2 aliphatic rings. The smallest absolute Gasteiger partial charge is 0.154 e. The zero-order chi connectivity index (χ0) is 13.5. The molecular weight excluding hydrogens is 262 g/mol. The number of sulfone groups is 1. The molecule has 1 aromatic carbocycles. The lowest BCUT2D eigenvalue weighted by atomic mass is 10.1. The minimum absolute atomic E-state index is 0.214. The van der Waals surface area contributed by atoms with Crippen LogP contribution < -0.4 is 5.32 Å². The van der Waals surface area contributed by atoms with Gasteiger partial charge >= 0.3 is 0 Å². The Labute approximate surface area is 113 Å². The first-order valence-corrected chi connectivity index (χ1v) is 8.54. The molecule has 1 fully saturated rings. The molecule has 2 unspecified atom stereocenters. The Bertz CT molecular complexity index is 582. The van der Waals surface area contributed by atoms with Crippen LogP contribution in [0, 0.1) is 0 Å². The zero-order valence-corrected chi connectivity index (χ0v) is 11.6. The van der Waals surface area contributed by atoms with Crippen LogP contribution in [-0.2, 0) is 16.3 Å². The molecule has 0 radical (unpaired) electrons. The van der Waals surface area contributed by atoms with Crippen LogP contribution in [0.25, 0.3) is 0 Å². The average Bonchev–Trinajstić information content (AvgIpc) is 2.89. The van der Waals surface area contributed by atoms with E-state index in [2.05, 4.69) is 5.32 Å². The van der Waals surface area contributed by atoms with Gasteiger partial charge < -0.3 is 10.4 Å². The Morgan fingerprint density at radius 1 is 1.32 bits per heavy atom. The topological polar surface area (TPSA) is 66.4 Å². The van der Waals surface area contributed by atoms with Gasteiger partial charge in [-0.1, -0.05) is 6.07 Å². The van der Waals surface area contributed by atoms with Gasteiger partial charge in [0.1, 0.15) is 5.75 Å². The third-order valence-electron chi connectivity index (χ3n) is 4.26. The number of fused-ring (bicyclic) bond motifs is 1. The van der Waals surface area contributed by atoms with Crippen molar-refractivity contribution in [1.29, 1.82) is 0 Å².